The maximum atomic E-state index is 4.38. The summed E-state index contributed by atoms with van der Waals surface area (Å²) >= 11 is 0. The molecule has 1 aromatic heterocycles. The van der Waals surface area contributed by atoms with Crippen LogP contribution in [0.1, 0.15) is 13.8 Å². The molecular weight excluding hydrogens is 713 g/mol. The molecule has 0 atom stereocenters. The predicted octanol–water partition coefficient (Wildman–Crippen LogP) is 16.2. The molecule has 59 heavy (non-hydrogen) atoms. The van der Waals surface area contributed by atoms with Gasteiger partial charge in [0.2, 0.25) is 0 Å². The van der Waals surface area contributed by atoms with E-state index < -0.39 is 0 Å². The van der Waals surface area contributed by atoms with Crippen molar-refractivity contribution in [1.82, 2.24) is 4.98 Å². The topological polar surface area (TPSA) is 16.1 Å². The second kappa shape index (κ2) is 14.1. The van der Waals surface area contributed by atoms with Crippen molar-refractivity contribution < 1.29 is 0 Å². The Morgan fingerprint density at radius 2 is 0.729 bits per heavy atom. The standard InChI is InChI=1S/C55H34N2.C2H6/c1-3-17-46-44(15-1)50-21-7-19-48-42(27-29-52(46)54(48)50)36-10-5-13-40(32-36)57(39-25-23-35(24-26-39)38-12-9-31-56-34-38)41-14-6-11-37(33-41)43-28-30-53-47-18-4-2-16-45(47)51-22-8-20-49(43)55(51)53;1-2/h1-34H;1-2H3. The first-order valence-corrected chi connectivity index (χ1v) is 20.6. The van der Waals surface area contributed by atoms with E-state index in [1.807, 2.05) is 32.3 Å². The number of hydrogen-bond donors (Lipinski definition) is 0. The Labute approximate surface area is 345 Å². The number of pyridine rings is 1. The maximum absolute atomic E-state index is 4.38. The molecule has 0 saturated heterocycles. The van der Waals surface area contributed by atoms with Crippen LogP contribution < -0.4 is 4.90 Å². The van der Waals surface area contributed by atoms with Gasteiger partial charge in [0.05, 0.1) is 0 Å². The van der Waals surface area contributed by atoms with Gasteiger partial charge in [0, 0.05) is 29.5 Å². The van der Waals surface area contributed by atoms with Crippen LogP contribution in [0.2, 0.25) is 0 Å². The monoisotopic (exact) mass is 752 g/mol. The van der Waals surface area contributed by atoms with E-state index in [-0.39, 0.29) is 0 Å². The summed E-state index contributed by atoms with van der Waals surface area (Å²) in [6.45, 7) is 4.00. The Hall–Kier alpha value is -7.55. The zero-order valence-corrected chi connectivity index (χ0v) is 33.0. The Morgan fingerprint density at radius 1 is 0.305 bits per heavy atom. The van der Waals surface area contributed by atoms with Crippen molar-refractivity contribution in [2.24, 2.45) is 0 Å². The molecule has 9 aromatic carbocycles. The average molecular weight is 753 g/mol. The fraction of sp³-hybridized carbons (Fsp3) is 0.0351. The van der Waals surface area contributed by atoms with Crippen LogP contribution in [0.4, 0.5) is 17.1 Å². The third-order valence-corrected chi connectivity index (χ3v) is 12.0. The lowest BCUT2D eigenvalue weighted by Gasteiger charge is -2.27. The van der Waals surface area contributed by atoms with E-state index in [1.165, 1.54) is 88.3 Å². The maximum Gasteiger partial charge on any atom is 0.0467 e. The van der Waals surface area contributed by atoms with E-state index in [2.05, 4.69) is 198 Å². The molecular formula is C57H40N2. The third kappa shape index (κ3) is 5.52. The second-order valence-electron chi connectivity index (χ2n) is 15.1. The van der Waals surface area contributed by atoms with Crippen LogP contribution in [-0.2, 0) is 0 Å². The zero-order valence-electron chi connectivity index (χ0n) is 33.0. The van der Waals surface area contributed by atoms with E-state index in [9.17, 15) is 0 Å². The van der Waals surface area contributed by atoms with Gasteiger partial charge in [0.1, 0.15) is 0 Å². The lowest BCUT2D eigenvalue weighted by Crippen LogP contribution is -2.10. The molecule has 2 nitrogen and oxygen atoms in total. The molecule has 0 fully saturated rings. The minimum atomic E-state index is 1.09. The molecule has 2 aliphatic carbocycles. The number of aromatic nitrogens is 1. The fourth-order valence-electron chi connectivity index (χ4n) is 9.53. The van der Waals surface area contributed by atoms with Crippen LogP contribution in [0.3, 0.4) is 0 Å². The molecule has 12 rings (SSSR count). The highest BCUT2D eigenvalue weighted by molar-refractivity contribution is 6.20. The first-order valence-electron chi connectivity index (χ1n) is 20.6. The molecule has 2 aliphatic rings. The van der Waals surface area contributed by atoms with Crippen molar-refractivity contribution in [3.05, 3.63) is 207 Å². The van der Waals surface area contributed by atoms with Crippen molar-refractivity contribution in [3.63, 3.8) is 0 Å². The number of benzene rings is 9. The van der Waals surface area contributed by atoms with Crippen LogP contribution >= 0.6 is 0 Å². The first kappa shape index (κ1) is 34.7. The number of hydrogen-bond acceptors (Lipinski definition) is 2. The van der Waals surface area contributed by atoms with Crippen molar-refractivity contribution in [1.29, 1.82) is 0 Å². The van der Waals surface area contributed by atoms with Crippen LogP contribution in [0.25, 0.3) is 99.4 Å². The summed E-state index contributed by atoms with van der Waals surface area (Å²) in [6.07, 6.45) is 3.74. The van der Waals surface area contributed by atoms with Gasteiger partial charge in [-0.3, -0.25) is 4.98 Å². The van der Waals surface area contributed by atoms with E-state index in [1.54, 1.807) is 0 Å². The minimum absolute atomic E-state index is 1.09. The zero-order chi connectivity index (χ0) is 39.5. The molecule has 0 amide bonds. The number of rotatable bonds is 6. The normalized spacial score (nSPS) is 11.6. The lowest BCUT2D eigenvalue weighted by atomic mass is 9.93. The number of fused-ring (bicyclic) bond motifs is 6. The molecule has 1 heterocycles. The molecule has 0 aliphatic heterocycles. The highest BCUT2D eigenvalue weighted by Gasteiger charge is 2.24. The summed E-state index contributed by atoms with van der Waals surface area (Å²) in [4.78, 5) is 6.77. The second-order valence-corrected chi connectivity index (χ2v) is 15.1. The Morgan fingerprint density at radius 3 is 1.20 bits per heavy atom. The summed E-state index contributed by atoms with van der Waals surface area (Å²) in [5.74, 6) is 0. The van der Waals surface area contributed by atoms with Crippen molar-refractivity contribution in [3.8, 4) is 77.9 Å². The molecule has 10 aromatic rings. The van der Waals surface area contributed by atoms with Crippen molar-refractivity contribution in [2.75, 3.05) is 4.90 Å². The molecule has 278 valence electrons. The van der Waals surface area contributed by atoms with Crippen LogP contribution in [-0.4, -0.2) is 4.98 Å². The summed E-state index contributed by atoms with van der Waals surface area (Å²) in [5, 5.41) is 5.24. The largest absolute Gasteiger partial charge is 0.310 e. The van der Waals surface area contributed by atoms with Gasteiger partial charge in [-0.15, -0.1) is 0 Å². The summed E-state index contributed by atoms with van der Waals surface area (Å²) < 4.78 is 0. The smallest absolute Gasteiger partial charge is 0.0467 e. The summed E-state index contributed by atoms with van der Waals surface area (Å²) in [7, 11) is 0. The molecule has 0 bridgehead atoms. The van der Waals surface area contributed by atoms with Crippen LogP contribution in [0, 0.1) is 0 Å². The number of nitrogens with zero attached hydrogens (tertiary/aromatic N) is 2. The van der Waals surface area contributed by atoms with Gasteiger partial charge in [0.15, 0.2) is 0 Å². The van der Waals surface area contributed by atoms with Crippen LogP contribution in [0.15, 0.2) is 207 Å². The van der Waals surface area contributed by atoms with Gasteiger partial charge < -0.3 is 4.90 Å². The highest BCUT2D eigenvalue weighted by Crippen LogP contribution is 2.51. The van der Waals surface area contributed by atoms with Gasteiger partial charge >= 0.3 is 0 Å². The van der Waals surface area contributed by atoms with Gasteiger partial charge in [-0.2, -0.15) is 0 Å². The SMILES string of the molecule is CC.c1cncc(-c2ccc(N(c3cccc(-c4ccc5c6c(cccc46)-c4ccccc4-5)c3)c3cccc(-c4ccc5c6c(cccc46)-c4ccccc4-5)c3)cc2)c1. The third-order valence-electron chi connectivity index (χ3n) is 12.0. The number of anilines is 3. The Balaban J connectivity index is 0.00000196. The quantitative estimate of drug-likeness (QED) is 0.168. The van der Waals surface area contributed by atoms with Crippen molar-refractivity contribution in [2.45, 2.75) is 13.8 Å². The highest BCUT2D eigenvalue weighted by atomic mass is 15.1. The average Bonchev–Trinajstić information content (AvgIpc) is 3.82. The van der Waals surface area contributed by atoms with Gasteiger partial charge in [-0.1, -0.05) is 166 Å². The van der Waals surface area contributed by atoms with Crippen molar-refractivity contribution >= 4 is 38.6 Å². The molecule has 2 heteroatoms. The molecule has 0 radical (unpaired) electrons. The van der Waals surface area contributed by atoms with Crippen LogP contribution in [0.5, 0.6) is 0 Å². The lowest BCUT2D eigenvalue weighted by molar-refractivity contribution is 1.28. The Kier molecular flexibility index (Phi) is 8.30. The molecule has 0 saturated carbocycles. The Bertz CT molecular complexity index is 3000. The molecule has 0 N–H and O–H groups in total. The molecule has 0 spiro atoms. The van der Waals surface area contributed by atoms with E-state index >= 15 is 0 Å². The van der Waals surface area contributed by atoms with Gasteiger partial charge in [-0.05, 0) is 142 Å². The van der Waals surface area contributed by atoms with E-state index in [4.69, 9.17) is 0 Å². The predicted molar refractivity (Wildman–Crippen MR) is 250 cm³/mol. The fourth-order valence-corrected chi connectivity index (χ4v) is 9.53. The van der Waals surface area contributed by atoms with Gasteiger partial charge in [-0.25, -0.2) is 0 Å². The van der Waals surface area contributed by atoms with Gasteiger partial charge in [0.25, 0.3) is 0 Å². The van der Waals surface area contributed by atoms with E-state index in [0.29, 0.717) is 0 Å². The molecule has 0 unspecified atom stereocenters. The van der Waals surface area contributed by atoms with E-state index in [0.717, 1.165) is 28.2 Å². The minimum Gasteiger partial charge on any atom is -0.310 e. The first-order chi connectivity index (χ1) is 29.3. The summed E-state index contributed by atoms with van der Waals surface area (Å²) in [6, 6.07) is 71.4. The summed E-state index contributed by atoms with van der Waals surface area (Å²) in [5.41, 5.74) is 20.9.